The minimum atomic E-state index is -2.12. The molecule has 0 saturated carbocycles. The first-order chi connectivity index (χ1) is 10.8. The fourth-order valence-electron chi connectivity index (χ4n) is 2.40. The van der Waals surface area contributed by atoms with E-state index >= 15 is 0 Å². The Morgan fingerprint density at radius 2 is 2.13 bits per heavy atom. The summed E-state index contributed by atoms with van der Waals surface area (Å²) in [5.41, 5.74) is -2.07. The van der Waals surface area contributed by atoms with E-state index in [1.165, 1.54) is 23.5 Å². The van der Waals surface area contributed by atoms with Gasteiger partial charge in [-0.05, 0) is 34.1 Å². The molecular weight excluding hydrogens is 388 g/mol. The highest BCUT2D eigenvalue weighted by atomic mass is 79.9. The quantitative estimate of drug-likeness (QED) is 0.469. The van der Waals surface area contributed by atoms with E-state index in [0.717, 1.165) is 9.85 Å². The van der Waals surface area contributed by atoms with Crippen molar-refractivity contribution in [3.05, 3.63) is 54.7 Å². The van der Waals surface area contributed by atoms with Gasteiger partial charge in [0.05, 0.1) is 20.0 Å². The SMILES string of the molecule is O=C(CC1(O)C(=O)Nc2ccc([N+](=O)[O-])cc21)c1ccc(Br)s1. The van der Waals surface area contributed by atoms with Crippen molar-refractivity contribution in [2.24, 2.45) is 0 Å². The normalized spacial score (nSPS) is 19.3. The molecule has 0 saturated heterocycles. The van der Waals surface area contributed by atoms with Gasteiger partial charge in [0.2, 0.25) is 0 Å². The molecule has 0 spiro atoms. The van der Waals surface area contributed by atoms with Crippen LogP contribution < -0.4 is 5.32 Å². The molecule has 2 heterocycles. The Hall–Kier alpha value is -2.10. The van der Waals surface area contributed by atoms with Gasteiger partial charge >= 0.3 is 0 Å². The standard InChI is InChI=1S/C14H9BrN2O5S/c15-12-4-3-11(23-12)10(18)6-14(20)8-5-7(17(21)22)1-2-9(8)16-13(14)19/h1-5,20H,6H2,(H,16,19). The van der Waals surface area contributed by atoms with Crippen LogP contribution in [0.15, 0.2) is 34.1 Å². The van der Waals surface area contributed by atoms with Crippen molar-refractivity contribution in [2.45, 2.75) is 12.0 Å². The highest BCUT2D eigenvalue weighted by Crippen LogP contribution is 2.41. The Morgan fingerprint density at radius 1 is 1.39 bits per heavy atom. The molecule has 2 N–H and O–H groups in total. The number of carbonyl (C=O) groups is 2. The zero-order chi connectivity index (χ0) is 16.8. The minimum Gasteiger partial charge on any atom is -0.375 e. The van der Waals surface area contributed by atoms with E-state index in [4.69, 9.17) is 0 Å². The summed E-state index contributed by atoms with van der Waals surface area (Å²) in [4.78, 5) is 35.1. The molecule has 3 rings (SSSR count). The number of rotatable bonds is 4. The Balaban J connectivity index is 1.98. The van der Waals surface area contributed by atoms with Gasteiger partial charge in [0.15, 0.2) is 11.4 Å². The van der Waals surface area contributed by atoms with Crippen LogP contribution in [-0.2, 0) is 10.4 Å². The van der Waals surface area contributed by atoms with Crippen LogP contribution in [0.25, 0.3) is 0 Å². The second-order valence-corrected chi connectivity index (χ2v) is 7.47. The zero-order valence-corrected chi connectivity index (χ0v) is 13.8. The lowest BCUT2D eigenvalue weighted by Crippen LogP contribution is -2.36. The molecule has 23 heavy (non-hydrogen) atoms. The van der Waals surface area contributed by atoms with Crippen LogP contribution in [0.2, 0.25) is 0 Å². The number of nitrogens with one attached hydrogen (secondary N) is 1. The zero-order valence-electron chi connectivity index (χ0n) is 11.4. The van der Waals surface area contributed by atoms with Crippen LogP contribution in [-0.4, -0.2) is 21.7 Å². The number of ketones is 1. The van der Waals surface area contributed by atoms with E-state index in [2.05, 4.69) is 21.2 Å². The summed E-state index contributed by atoms with van der Waals surface area (Å²) < 4.78 is 0.750. The molecule has 1 amide bonds. The number of hydrogen-bond acceptors (Lipinski definition) is 6. The maximum Gasteiger partial charge on any atom is 0.269 e. The number of anilines is 1. The molecule has 118 valence electrons. The summed E-state index contributed by atoms with van der Waals surface area (Å²) in [5.74, 6) is -1.19. The average molecular weight is 397 g/mol. The first kappa shape index (κ1) is 15.8. The van der Waals surface area contributed by atoms with Gasteiger partial charge in [0.25, 0.3) is 11.6 Å². The first-order valence-electron chi connectivity index (χ1n) is 6.42. The van der Waals surface area contributed by atoms with E-state index in [1.807, 2.05) is 0 Å². The van der Waals surface area contributed by atoms with Crippen LogP contribution in [0.1, 0.15) is 21.7 Å². The maximum atomic E-state index is 12.3. The smallest absolute Gasteiger partial charge is 0.269 e. The molecule has 0 radical (unpaired) electrons. The van der Waals surface area contributed by atoms with Crippen LogP contribution in [0.3, 0.4) is 0 Å². The molecule has 1 aliphatic rings. The number of carbonyl (C=O) groups excluding carboxylic acids is 2. The van der Waals surface area contributed by atoms with Crippen molar-refractivity contribution in [1.82, 2.24) is 0 Å². The number of non-ortho nitro benzene ring substituents is 1. The van der Waals surface area contributed by atoms with E-state index in [1.54, 1.807) is 12.1 Å². The van der Waals surface area contributed by atoms with E-state index in [-0.39, 0.29) is 16.9 Å². The van der Waals surface area contributed by atoms with Gasteiger partial charge in [-0.25, -0.2) is 0 Å². The van der Waals surface area contributed by atoms with Gasteiger partial charge in [0.1, 0.15) is 0 Å². The second-order valence-electron chi connectivity index (χ2n) is 5.01. The predicted octanol–water partition coefficient (Wildman–Crippen LogP) is 2.83. The van der Waals surface area contributed by atoms with Gasteiger partial charge in [-0.3, -0.25) is 19.7 Å². The Bertz CT molecular complexity index is 849. The average Bonchev–Trinajstić information content (AvgIpc) is 3.02. The van der Waals surface area contributed by atoms with Crippen molar-refractivity contribution in [1.29, 1.82) is 0 Å². The summed E-state index contributed by atoms with van der Waals surface area (Å²) in [6.45, 7) is 0. The summed E-state index contributed by atoms with van der Waals surface area (Å²) in [5, 5.41) is 24.0. The summed E-state index contributed by atoms with van der Waals surface area (Å²) in [6, 6.07) is 6.96. The fraction of sp³-hybridized carbons (Fsp3) is 0.143. The van der Waals surface area contributed by atoms with Crippen molar-refractivity contribution in [2.75, 3.05) is 5.32 Å². The molecule has 1 atom stereocenters. The number of nitro groups is 1. The largest absolute Gasteiger partial charge is 0.375 e. The van der Waals surface area contributed by atoms with E-state index in [0.29, 0.717) is 4.88 Å². The van der Waals surface area contributed by atoms with Gasteiger partial charge in [-0.2, -0.15) is 0 Å². The summed E-state index contributed by atoms with van der Waals surface area (Å²) in [7, 11) is 0. The monoisotopic (exact) mass is 396 g/mol. The molecule has 1 aromatic heterocycles. The second kappa shape index (κ2) is 5.52. The number of Topliss-reactive ketones (excluding diaryl/α,β-unsaturated/α-hetero) is 1. The highest BCUT2D eigenvalue weighted by molar-refractivity contribution is 9.11. The van der Waals surface area contributed by atoms with Gasteiger partial charge in [-0.1, -0.05) is 0 Å². The molecule has 1 aromatic carbocycles. The molecule has 0 aliphatic carbocycles. The molecule has 1 unspecified atom stereocenters. The number of aliphatic hydroxyl groups is 1. The third-order valence-corrected chi connectivity index (χ3v) is 5.21. The Labute approximate surface area is 142 Å². The molecule has 0 bridgehead atoms. The van der Waals surface area contributed by atoms with Crippen LogP contribution in [0, 0.1) is 10.1 Å². The van der Waals surface area contributed by atoms with Crippen LogP contribution in [0.4, 0.5) is 11.4 Å². The predicted molar refractivity (Wildman–Crippen MR) is 86.6 cm³/mol. The maximum absolute atomic E-state index is 12.3. The topological polar surface area (TPSA) is 110 Å². The first-order valence-corrected chi connectivity index (χ1v) is 8.03. The number of amides is 1. The van der Waals surface area contributed by atoms with E-state index < -0.39 is 28.6 Å². The molecular formula is C14H9BrN2O5S. The van der Waals surface area contributed by atoms with Gasteiger partial charge < -0.3 is 10.4 Å². The molecule has 1 aliphatic heterocycles. The number of benzene rings is 1. The van der Waals surface area contributed by atoms with Crippen molar-refractivity contribution < 1.29 is 19.6 Å². The number of fused-ring (bicyclic) bond motifs is 1. The molecule has 9 heteroatoms. The van der Waals surface area contributed by atoms with Crippen molar-refractivity contribution in [3.63, 3.8) is 0 Å². The summed E-state index contributed by atoms with van der Waals surface area (Å²) in [6.07, 6.45) is -0.486. The number of nitro benzene ring substituents is 1. The van der Waals surface area contributed by atoms with Crippen LogP contribution >= 0.6 is 27.3 Å². The third-order valence-electron chi connectivity index (χ3n) is 3.55. The lowest BCUT2D eigenvalue weighted by molar-refractivity contribution is -0.385. The lowest BCUT2D eigenvalue weighted by atomic mass is 9.89. The van der Waals surface area contributed by atoms with Gasteiger partial charge in [-0.15, -0.1) is 11.3 Å². The highest BCUT2D eigenvalue weighted by Gasteiger charge is 2.47. The fourth-order valence-corrected chi connectivity index (χ4v) is 3.73. The lowest BCUT2D eigenvalue weighted by Gasteiger charge is -2.19. The number of hydrogen-bond donors (Lipinski definition) is 2. The van der Waals surface area contributed by atoms with Crippen molar-refractivity contribution in [3.8, 4) is 0 Å². The van der Waals surface area contributed by atoms with Crippen LogP contribution in [0.5, 0.6) is 0 Å². The summed E-state index contributed by atoms with van der Waals surface area (Å²) >= 11 is 4.42. The minimum absolute atomic E-state index is 0.0423. The Morgan fingerprint density at radius 3 is 2.74 bits per heavy atom. The van der Waals surface area contributed by atoms with Gasteiger partial charge in [0, 0.05) is 23.4 Å². The number of nitrogens with zero attached hydrogens (tertiary/aromatic N) is 1. The number of halogens is 1. The third kappa shape index (κ3) is 2.67. The number of thiophene rings is 1. The molecule has 7 nitrogen and oxygen atoms in total. The van der Waals surface area contributed by atoms with Crippen molar-refractivity contribution >= 4 is 50.3 Å². The van der Waals surface area contributed by atoms with E-state index in [9.17, 15) is 24.8 Å². The Kier molecular flexibility index (Phi) is 3.78. The molecule has 2 aromatic rings. The molecule has 0 fully saturated rings.